The molecule has 0 spiro atoms. The SMILES string of the molecule is CCC(Oc1ccc(F)cc1)C(=O)N(Cc1ccc(N(C)C)cc1)C1CCS(=O)(=O)C1. The maximum Gasteiger partial charge on any atom is 0.264 e. The molecule has 0 bridgehead atoms. The Kier molecular flexibility index (Phi) is 7.20. The predicted molar refractivity (Wildman–Crippen MR) is 119 cm³/mol. The van der Waals surface area contributed by atoms with Crippen LogP contribution in [0.4, 0.5) is 10.1 Å². The molecule has 2 unspecified atom stereocenters. The Labute approximate surface area is 183 Å². The fraction of sp³-hybridized carbons (Fsp3) is 0.435. The summed E-state index contributed by atoms with van der Waals surface area (Å²) in [5.41, 5.74) is 1.95. The van der Waals surface area contributed by atoms with E-state index in [1.54, 1.807) is 4.90 Å². The molecule has 0 aliphatic carbocycles. The van der Waals surface area contributed by atoms with E-state index in [4.69, 9.17) is 4.74 Å². The Morgan fingerprint density at radius 3 is 2.29 bits per heavy atom. The van der Waals surface area contributed by atoms with Gasteiger partial charge in [-0.1, -0.05) is 19.1 Å². The summed E-state index contributed by atoms with van der Waals surface area (Å²) < 4.78 is 43.2. The molecule has 2 atom stereocenters. The number of carbonyl (C=O) groups excluding carboxylic acids is 1. The lowest BCUT2D eigenvalue weighted by Gasteiger charge is -2.32. The van der Waals surface area contributed by atoms with Gasteiger partial charge in [-0.05, 0) is 54.8 Å². The third-order valence-corrected chi connectivity index (χ3v) is 7.23. The highest BCUT2D eigenvalue weighted by Gasteiger charge is 2.37. The molecule has 0 aromatic heterocycles. The van der Waals surface area contributed by atoms with E-state index in [2.05, 4.69) is 0 Å². The van der Waals surface area contributed by atoms with Crippen LogP contribution < -0.4 is 9.64 Å². The molecule has 0 saturated carbocycles. The summed E-state index contributed by atoms with van der Waals surface area (Å²) in [6, 6.07) is 13.0. The molecule has 1 aliphatic heterocycles. The molecule has 1 amide bonds. The van der Waals surface area contributed by atoms with Crippen molar-refractivity contribution in [2.75, 3.05) is 30.5 Å². The van der Waals surface area contributed by atoms with Crippen molar-refractivity contribution in [3.05, 3.63) is 59.9 Å². The number of halogens is 1. The number of anilines is 1. The number of benzene rings is 2. The van der Waals surface area contributed by atoms with Crippen molar-refractivity contribution in [2.24, 2.45) is 0 Å². The van der Waals surface area contributed by atoms with Crippen molar-refractivity contribution < 1.29 is 22.3 Å². The molecular weight excluding hydrogens is 419 g/mol. The monoisotopic (exact) mass is 448 g/mol. The smallest absolute Gasteiger partial charge is 0.264 e. The number of carbonyl (C=O) groups is 1. The fourth-order valence-corrected chi connectivity index (χ4v) is 5.41. The van der Waals surface area contributed by atoms with Crippen LogP contribution in [0.15, 0.2) is 48.5 Å². The van der Waals surface area contributed by atoms with E-state index in [9.17, 15) is 17.6 Å². The average molecular weight is 449 g/mol. The van der Waals surface area contributed by atoms with E-state index in [-0.39, 0.29) is 23.2 Å². The molecule has 0 N–H and O–H groups in total. The summed E-state index contributed by atoms with van der Waals surface area (Å²) in [5, 5.41) is 0. The first kappa shape index (κ1) is 23.1. The zero-order chi connectivity index (χ0) is 22.6. The Morgan fingerprint density at radius 2 is 1.77 bits per heavy atom. The summed E-state index contributed by atoms with van der Waals surface area (Å²) in [6.07, 6.45) is 0.0394. The van der Waals surface area contributed by atoms with Crippen LogP contribution in [0.2, 0.25) is 0 Å². The van der Waals surface area contributed by atoms with Crippen LogP contribution in [0, 0.1) is 5.82 Å². The van der Waals surface area contributed by atoms with Crippen LogP contribution in [0.25, 0.3) is 0 Å². The molecule has 2 aromatic carbocycles. The Hall–Kier alpha value is -2.61. The average Bonchev–Trinajstić information content (AvgIpc) is 3.10. The second-order valence-corrected chi connectivity index (χ2v) is 10.3. The maximum atomic E-state index is 13.4. The van der Waals surface area contributed by atoms with Gasteiger partial charge in [0.05, 0.1) is 11.5 Å². The molecule has 8 heteroatoms. The highest BCUT2D eigenvalue weighted by molar-refractivity contribution is 7.91. The third kappa shape index (κ3) is 5.97. The highest BCUT2D eigenvalue weighted by atomic mass is 32.2. The van der Waals surface area contributed by atoms with Crippen molar-refractivity contribution in [2.45, 2.75) is 38.5 Å². The molecule has 0 radical (unpaired) electrons. The molecule has 1 aliphatic rings. The van der Waals surface area contributed by atoms with Crippen LogP contribution in [-0.2, 0) is 21.2 Å². The normalized spacial score (nSPS) is 18.4. The molecule has 31 heavy (non-hydrogen) atoms. The Bertz CT molecular complexity index is 991. The van der Waals surface area contributed by atoms with Gasteiger partial charge in [0.2, 0.25) is 0 Å². The van der Waals surface area contributed by atoms with E-state index in [0.717, 1.165) is 11.3 Å². The molecular formula is C23H29FN2O4S. The van der Waals surface area contributed by atoms with Gasteiger partial charge in [0, 0.05) is 32.4 Å². The molecule has 1 heterocycles. The second kappa shape index (κ2) is 9.68. The summed E-state index contributed by atoms with van der Waals surface area (Å²) in [4.78, 5) is 17.1. The number of nitrogens with zero attached hydrogens (tertiary/aromatic N) is 2. The van der Waals surface area contributed by atoms with Gasteiger partial charge in [-0.2, -0.15) is 0 Å². The van der Waals surface area contributed by atoms with Crippen LogP contribution >= 0.6 is 0 Å². The van der Waals surface area contributed by atoms with Crippen molar-refractivity contribution in [1.82, 2.24) is 4.90 Å². The third-order valence-electron chi connectivity index (χ3n) is 5.48. The fourth-order valence-electron chi connectivity index (χ4n) is 3.68. The molecule has 168 valence electrons. The van der Waals surface area contributed by atoms with Crippen LogP contribution in [-0.4, -0.2) is 57.0 Å². The highest BCUT2D eigenvalue weighted by Crippen LogP contribution is 2.24. The number of ether oxygens (including phenoxy) is 1. The largest absolute Gasteiger partial charge is 0.481 e. The van der Waals surface area contributed by atoms with Crippen molar-refractivity contribution >= 4 is 21.4 Å². The minimum Gasteiger partial charge on any atom is -0.481 e. The van der Waals surface area contributed by atoms with E-state index < -0.39 is 22.0 Å². The van der Waals surface area contributed by atoms with Crippen LogP contribution in [0.1, 0.15) is 25.3 Å². The minimum absolute atomic E-state index is 0.0402. The number of amides is 1. The number of hydrogen-bond acceptors (Lipinski definition) is 5. The van der Waals surface area contributed by atoms with Gasteiger partial charge < -0.3 is 14.5 Å². The van der Waals surface area contributed by atoms with Gasteiger partial charge in [-0.25, -0.2) is 12.8 Å². The Morgan fingerprint density at radius 1 is 1.13 bits per heavy atom. The standard InChI is InChI=1S/C23H29FN2O4S/c1-4-22(30-21-11-7-18(24)8-12-21)23(27)26(20-13-14-31(28,29)16-20)15-17-5-9-19(10-6-17)25(2)3/h5-12,20,22H,4,13-16H2,1-3H3. The minimum atomic E-state index is -3.16. The summed E-state index contributed by atoms with van der Waals surface area (Å²) in [5.74, 6) is -0.203. The number of hydrogen-bond donors (Lipinski definition) is 0. The Balaban J connectivity index is 1.83. The first-order valence-electron chi connectivity index (χ1n) is 10.4. The maximum absolute atomic E-state index is 13.4. The van der Waals surface area contributed by atoms with Crippen molar-refractivity contribution in [1.29, 1.82) is 0 Å². The number of sulfone groups is 1. The second-order valence-electron chi connectivity index (χ2n) is 8.05. The van der Waals surface area contributed by atoms with Gasteiger partial charge >= 0.3 is 0 Å². The van der Waals surface area contributed by atoms with Crippen LogP contribution in [0.3, 0.4) is 0 Å². The predicted octanol–water partition coefficient (Wildman–Crippen LogP) is 3.27. The number of rotatable bonds is 8. The van der Waals surface area contributed by atoms with Crippen molar-refractivity contribution in [3.63, 3.8) is 0 Å². The van der Waals surface area contributed by atoms with E-state index in [0.29, 0.717) is 25.1 Å². The first-order valence-corrected chi connectivity index (χ1v) is 12.2. The van der Waals surface area contributed by atoms with E-state index in [1.165, 1.54) is 24.3 Å². The van der Waals surface area contributed by atoms with Crippen LogP contribution in [0.5, 0.6) is 5.75 Å². The molecule has 1 saturated heterocycles. The summed E-state index contributed by atoms with van der Waals surface area (Å²) in [6.45, 7) is 2.14. The lowest BCUT2D eigenvalue weighted by molar-refractivity contribution is -0.141. The summed E-state index contributed by atoms with van der Waals surface area (Å²) >= 11 is 0. The topological polar surface area (TPSA) is 66.9 Å². The van der Waals surface area contributed by atoms with Gasteiger partial charge in [0.15, 0.2) is 15.9 Å². The zero-order valence-electron chi connectivity index (χ0n) is 18.1. The molecule has 1 fully saturated rings. The van der Waals surface area contributed by atoms with Gasteiger partial charge in [-0.15, -0.1) is 0 Å². The van der Waals surface area contributed by atoms with E-state index in [1.807, 2.05) is 50.2 Å². The van der Waals surface area contributed by atoms with Crippen molar-refractivity contribution in [3.8, 4) is 5.75 Å². The lowest BCUT2D eigenvalue weighted by atomic mass is 10.1. The van der Waals surface area contributed by atoms with Gasteiger partial charge in [-0.3, -0.25) is 4.79 Å². The first-order chi connectivity index (χ1) is 14.7. The molecule has 3 rings (SSSR count). The van der Waals surface area contributed by atoms with E-state index >= 15 is 0 Å². The lowest BCUT2D eigenvalue weighted by Crippen LogP contribution is -2.47. The van der Waals surface area contributed by atoms with Gasteiger partial charge in [0.25, 0.3) is 5.91 Å². The van der Waals surface area contributed by atoms with Gasteiger partial charge in [0.1, 0.15) is 11.6 Å². The molecule has 2 aromatic rings. The summed E-state index contributed by atoms with van der Waals surface area (Å²) in [7, 11) is 0.739. The zero-order valence-corrected chi connectivity index (χ0v) is 18.9. The molecule has 6 nitrogen and oxygen atoms in total. The quantitative estimate of drug-likeness (QED) is 0.620.